The molecule has 0 saturated heterocycles. The van der Waals surface area contributed by atoms with E-state index in [4.69, 9.17) is 4.74 Å². The molecule has 0 aliphatic heterocycles. The highest BCUT2D eigenvalue weighted by molar-refractivity contribution is 5.98. The van der Waals surface area contributed by atoms with Crippen LogP contribution in [0.3, 0.4) is 0 Å². The van der Waals surface area contributed by atoms with Crippen molar-refractivity contribution in [1.29, 1.82) is 0 Å². The van der Waals surface area contributed by atoms with Crippen molar-refractivity contribution >= 4 is 17.1 Å². The van der Waals surface area contributed by atoms with Crippen LogP contribution in [0.25, 0.3) is 21.9 Å². The van der Waals surface area contributed by atoms with Gasteiger partial charge in [0.15, 0.2) is 12.4 Å². The van der Waals surface area contributed by atoms with E-state index in [0.717, 1.165) is 28.4 Å². The molecule has 26 heavy (non-hydrogen) atoms. The van der Waals surface area contributed by atoms with Gasteiger partial charge in [0, 0.05) is 36.0 Å². The number of ether oxygens (including phenoxy) is 1. The third-order valence-electron chi connectivity index (χ3n) is 4.36. The van der Waals surface area contributed by atoms with E-state index in [1.54, 1.807) is 19.4 Å². The summed E-state index contributed by atoms with van der Waals surface area (Å²) in [6, 6.07) is 9.48. The summed E-state index contributed by atoms with van der Waals surface area (Å²) < 4.78 is 7.33. The van der Waals surface area contributed by atoms with E-state index in [1.807, 2.05) is 51.1 Å². The Hall–Kier alpha value is -2.79. The van der Waals surface area contributed by atoms with E-state index in [9.17, 15) is 9.59 Å². The van der Waals surface area contributed by atoms with Gasteiger partial charge in [0.1, 0.15) is 0 Å². The second kappa shape index (κ2) is 7.22. The van der Waals surface area contributed by atoms with E-state index < -0.39 is 6.10 Å². The number of benzene rings is 1. The number of rotatable bonds is 5. The summed E-state index contributed by atoms with van der Waals surface area (Å²) in [5, 5.41) is 1.41. The molecule has 0 saturated carbocycles. The molecular weight excluding hydrogens is 328 g/mol. The van der Waals surface area contributed by atoms with Gasteiger partial charge in [0.25, 0.3) is 5.56 Å². The number of fused-ring (bicyclic) bond motifs is 1. The lowest BCUT2D eigenvalue weighted by molar-refractivity contribution is -0.121. The largest absolute Gasteiger partial charge is 0.362 e. The van der Waals surface area contributed by atoms with E-state index in [1.165, 1.54) is 4.57 Å². The van der Waals surface area contributed by atoms with Crippen molar-refractivity contribution in [3.05, 3.63) is 64.3 Å². The van der Waals surface area contributed by atoms with Crippen molar-refractivity contribution in [1.82, 2.24) is 9.55 Å². The first-order valence-electron chi connectivity index (χ1n) is 8.58. The molecule has 0 spiro atoms. The number of hydrogen-bond acceptors (Lipinski definition) is 4. The third-order valence-corrected chi connectivity index (χ3v) is 4.36. The maximum absolute atomic E-state index is 12.9. The second-order valence-electron chi connectivity index (χ2n) is 6.66. The van der Waals surface area contributed by atoms with E-state index in [2.05, 4.69) is 4.98 Å². The molecule has 5 heteroatoms. The maximum Gasteiger partial charge on any atom is 0.258 e. The zero-order chi connectivity index (χ0) is 18.8. The molecule has 2 heterocycles. The van der Waals surface area contributed by atoms with Crippen LogP contribution < -0.4 is 5.56 Å². The van der Waals surface area contributed by atoms with Gasteiger partial charge in [-0.25, -0.2) is 0 Å². The van der Waals surface area contributed by atoms with Gasteiger partial charge >= 0.3 is 0 Å². The van der Waals surface area contributed by atoms with Crippen LogP contribution in [0.4, 0.5) is 0 Å². The molecule has 5 nitrogen and oxygen atoms in total. The Morgan fingerprint density at radius 3 is 2.58 bits per heavy atom. The van der Waals surface area contributed by atoms with Crippen LogP contribution in [-0.4, -0.2) is 21.9 Å². The van der Waals surface area contributed by atoms with Crippen molar-refractivity contribution in [2.45, 2.75) is 33.0 Å². The lowest BCUT2D eigenvalue weighted by Gasteiger charge is -2.23. The fourth-order valence-electron chi connectivity index (χ4n) is 3.25. The topological polar surface area (TPSA) is 61.2 Å². The number of aryl methyl sites for hydroxylation is 1. The standard InChI is InChI=1S/C21H22N2O3/c1-13(2)26-18(12-24)20-19(15-6-5-9-22-11-15)17-10-14(3)7-8-16(17)21(25)23(20)4/h5-13,18H,1-4H3. The molecule has 0 aliphatic rings. The first-order chi connectivity index (χ1) is 12.4. The summed E-state index contributed by atoms with van der Waals surface area (Å²) >= 11 is 0. The van der Waals surface area contributed by atoms with Crippen molar-refractivity contribution in [2.24, 2.45) is 7.05 Å². The lowest BCUT2D eigenvalue weighted by atomic mass is 9.94. The average Bonchev–Trinajstić information content (AvgIpc) is 2.63. The van der Waals surface area contributed by atoms with Crippen LogP contribution in [0.5, 0.6) is 0 Å². The fourth-order valence-corrected chi connectivity index (χ4v) is 3.25. The molecule has 0 fully saturated rings. The summed E-state index contributed by atoms with van der Waals surface area (Å²) in [4.78, 5) is 29.0. The number of nitrogens with zero attached hydrogens (tertiary/aromatic N) is 2. The minimum absolute atomic E-state index is 0.151. The van der Waals surface area contributed by atoms with Crippen LogP contribution in [0, 0.1) is 6.92 Å². The fraction of sp³-hybridized carbons (Fsp3) is 0.286. The normalized spacial score (nSPS) is 12.5. The molecule has 0 aliphatic carbocycles. The minimum Gasteiger partial charge on any atom is -0.362 e. The number of pyridine rings is 2. The van der Waals surface area contributed by atoms with Crippen molar-refractivity contribution in [3.63, 3.8) is 0 Å². The van der Waals surface area contributed by atoms with E-state index in [0.29, 0.717) is 11.1 Å². The average molecular weight is 350 g/mol. The lowest BCUT2D eigenvalue weighted by Crippen LogP contribution is -2.26. The number of aldehydes is 1. The highest BCUT2D eigenvalue weighted by Gasteiger charge is 2.24. The molecule has 1 aromatic carbocycles. The van der Waals surface area contributed by atoms with Gasteiger partial charge in [-0.2, -0.15) is 0 Å². The molecule has 0 radical (unpaired) electrons. The van der Waals surface area contributed by atoms with Crippen molar-refractivity contribution < 1.29 is 9.53 Å². The Morgan fingerprint density at radius 1 is 1.19 bits per heavy atom. The predicted octanol–water partition coefficient (Wildman–Crippen LogP) is 3.57. The summed E-state index contributed by atoms with van der Waals surface area (Å²) in [7, 11) is 1.68. The van der Waals surface area contributed by atoms with Gasteiger partial charge < -0.3 is 14.1 Å². The maximum atomic E-state index is 12.9. The van der Waals surface area contributed by atoms with Gasteiger partial charge in [0.2, 0.25) is 0 Å². The Morgan fingerprint density at radius 2 is 1.96 bits per heavy atom. The van der Waals surface area contributed by atoms with Crippen LogP contribution in [0.1, 0.15) is 31.2 Å². The molecular formula is C21H22N2O3. The summed E-state index contributed by atoms with van der Waals surface area (Å²) in [6.45, 7) is 5.71. The van der Waals surface area contributed by atoms with Crippen molar-refractivity contribution in [2.75, 3.05) is 0 Å². The SMILES string of the molecule is Cc1ccc2c(=O)n(C)c(C(C=O)OC(C)C)c(-c3cccnc3)c2c1. The van der Waals surface area contributed by atoms with Gasteiger partial charge in [0.05, 0.1) is 11.8 Å². The summed E-state index contributed by atoms with van der Waals surface area (Å²) in [5.74, 6) is 0. The van der Waals surface area contributed by atoms with Gasteiger partial charge in [-0.05, 0) is 38.3 Å². The molecule has 3 rings (SSSR count). The molecule has 0 N–H and O–H groups in total. The summed E-state index contributed by atoms with van der Waals surface area (Å²) in [6.07, 6.45) is 3.18. The number of aromatic nitrogens is 2. The zero-order valence-electron chi connectivity index (χ0n) is 15.4. The number of carbonyl (C=O) groups excluding carboxylic acids is 1. The van der Waals surface area contributed by atoms with E-state index in [-0.39, 0.29) is 11.7 Å². The molecule has 0 amide bonds. The minimum atomic E-state index is -0.840. The van der Waals surface area contributed by atoms with Crippen LogP contribution >= 0.6 is 0 Å². The van der Waals surface area contributed by atoms with Gasteiger partial charge in [-0.3, -0.25) is 9.78 Å². The van der Waals surface area contributed by atoms with Crippen LogP contribution in [0.15, 0.2) is 47.5 Å². The van der Waals surface area contributed by atoms with Gasteiger partial charge in [-0.15, -0.1) is 0 Å². The second-order valence-corrected chi connectivity index (χ2v) is 6.66. The highest BCUT2D eigenvalue weighted by atomic mass is 16.5. The third kappa shape index (κ3) is 3.18. The summed E-state index contributed by atoms with van der Waals surface area (Å²) in [5.41, 5.74) is 3.07. The molecule has 1 unspecified atom stereocenters. The predicted molar refractivity (Wildman–Crippen MR) is 102 cm³/mol. The first kappa shape index (κ1) is 18.0. The molecule has 3 aromatic rings. The molecule has 2 aromatic heterocycles. The molecule has 134 valence electrons. The monoisotopic (exact) mass is 350 g/mol. The quantitative estimate of drug-likeness (QED) is 0.660. The Balaban J connectivity index is 2.47. The molecule has 0 bridgehead atoms. The number of carbonyl (C=O) groups is 1. The van der Waals surface area contributed by atoms with Crippen molar-refractivity contribution in [3.8, 4) is 11.1 Å². The zero-order valence-corrected chi connectivity index (χ0v) is 15.4. The molecule has 1 atom stereocenters. The Kier molecular flexibility index (Phi) is 5.00. The first-order valence-corrected chi connectivity index (χ1v) is 8.58. The Labute approximate surface area is 152 Å². The van der Waals surface area contributed by atoms with Gasteiger partial charge in [-0.1, -0.05) is 23.8 Å². The Bertz CT molecular complexity index is 1010. The van der Waals surface area contributed by atoms with E-state index >= 15 is 0 Å². The van der Waals surface area contributed by atoms with Crippen LogP contribution in [0.2, 0.25) is 0 Å². The smallest absolute Gasteiger partial charge is 0.258 e. The number of hydrogen-bond donors (Lipinski definition) is 0. The van der Waals surface area contributed by atoms with Crippen LogP contribution in [-0.2, 0) is 16.6 Å². The highest BCUT2D eigenvalue weighted by Crippen LogP contribution is 2.34.